The van der Waals surface area contributed by atoms with E-state index in [1.807, 2.05) is 6.92 Å². The van der Waals surface area contributed by atoms with Crippen LogP contribution in [0.5, 0.6) is 0 Å². The molecule has 23 heavy (non-hydrogen) atoms. The first-order valence-electron chi connectivity index (χ1n) is 7.80. The van der Waals surface area contributed by atoms with Crippen LogP contribution in [-0.2, 0) is 14.8 Å². The molecular weight excluding hydrogens is 431 g/mol. The number of nitrogens with zero attached hydrogens (tertiary/aromatic N) is 1. The Morgan fingerprint density at radius 1 is 1.17 bits per heavy atom. The first-order chi connectivity index (χ1) is 10.3. The molecule has 0 radical (unpaired) electrons. The van der Waals surface area contributed by atoms with E-state index in [1.54, 1.807) is 7.05 Å². The van der Waals surface area contributed by atoms with Gasteiger partial charge in [-0.25, -0.2) is 13.1 Å². The molecule has 1 atom stereocenters. The second-order valence-corrected chi connectivity index (χ2v) is 7.31. The lowest BCUT2D eigenvalue weighted by Crippen LogP contribution is -2.40. The molecule has 0 spiro atoms. The summed E-state index contributed by atoms with van der Waals surface area (Å²) in [7, 11) is -1.39. The molecule has 0 aromatic rings. The Morgan fingerprint density at radius 2 is 1.78 bits per heavy atom. The number of sulfonamides is 1. The molecule has 0 aliphatic heterocycles. The van der Waals surface area contributed by atoms with Gasteiger partial charge in [0.25, 0.3) is 0 Å². The van der Waals surface area contributed by atoms with Gasteiger partial charge in [0.1, 0.15) is 0 Å². The van der Waals surface area contributed by atoms with Crippen LogP contribution in [0.3, 0.4) is 0 Å². The Morgan fingerprint density at radius 3 is 2.26 bits per heavy atom. The minimum absolute atomic E-state index is 0. The molecule has 7 nitrogen and oxygen atoms in total. The summed E-state index contributed by atoms with van der Waals surface area (Å²) in [5, 5.41) is 6.39. The Labute approximate surface area is 158 Å². The van der Waals surface area contributed by atoms with Crippen molar-refractivity contribution in [1.82, 2.24) is 15.4 Å². The van der Waals surface area contributed by atoms with Gasteiger partial charge in [-0.05, 0) is 25.7 Å². The standard InChI is InChI=1S/C14H32N4O3S.HI/c1-6-21-13(12(2)3)8-11-17-14(15-4)16-9-7-10-18-22(5,19)20;/h12-13,18H,6-11H2,1-5H3,(H2,15,16,17);1H. The maximum atomic E-state index is 10.9. The van der Waals surface area contributed by atoms with Crippen LogP contribution in [0.2, 0.25) is 0 Å². The van der Waals surface area contributed by atoms with Crippen LogP contribution in [0.25, 0.3) is 0 Å². The molecular formula is C14H33IN4O3S. The zero-order valence-electron chi connectivity index (χ0n) is 14.9. The van der Waals surface area contributed by atoms with Crippen LogP contribution >= 0.6 is 24.0 Å². The molecule has 0 saturated carbocycles. The third-order valence-corrected chi connectivity index (χ3v) is 3.81. The van der Waals surface area contributed by atoms with Gasteiger partial charge in [0.05, 0.1) is 12.4 Å². The lowest BCUT2D eigenvalue weighted by atomic mass is 10.0. The van der Waals surface area contributed by atoms with E-state index in [4.69, 9.17) is 4.74 Å². The highest BCUT2D eigenvalue weighted by molar-refractivity contribution is 14.0. The van der Waals surface area contributed by atoms with Crippen LogP contribution in [0, 0.1) is 5.92 Å². The summed E-state index contributed by atoms with van der Waals surface area (Å²) in [6, 6.07) is 0. The summed E-state index contributed by atoms with van der Waals surface area (Å²) >= 11 is 0. The molecule has 0 aromatic carbocycles. The van der Waals surface area contributed by atoms with Crippen LogP contribution in [0.15, 0.2) is 4.99 Å². The van der Waals surface area contributed by atoms with Gasteiger partial charge < -0.3 is 15.4 Å². The lowest BCUT2D eigenvalue weighted by molar-refractivity contribution is 0.0258. The third-order valence-electron chi connectivity index (χ3n) is 3.08. The number of guanidine groups is 1. The average molecular weight is 464 g/mol. The Kier molecular flexibility index (Phi) is 15.5. The fourth-order valence-corrected chi connectivity index (χ4v) is 2.44. The topological polar surface area (TPSA) is 91.8 Å². The number of hydrogen-bond acceptors (Lipinski definition) is 4. The fraction of sp³-hybridized carbons (Fsp3) is 0.929. The molecule has 0 rings (SSSR count). The highest BCUT2D eigenvalue weighted by Gasteiger charge is 2.12. The molecule has 0 amide bonds. The Hall–Kier alpha value is -0.130. The Bertz CT molecular complexity index is 416. The maximum absolute atomic E-state index is 10.9. The first-order valence-corrected chi connectivity index (χ1v) is 9.70. The molecule has 9 heteroatoms. The van der Waals surface area contributed by atoms with Crippen molar-refractivity contribution in [3.8, 4) is 0 Å². The van der Waals surface area contributed by atoms with E-state index >= 15 is 0 Å². The normalized spacial score (nSPS) is 13.6. The highest BCUT2D eigenvalue weighted by atomic mass is 127. The molecule has 0 bridgehead atoms. The SMILES string of the molecule is CCOC(CCNC(=NC)NCCCNS(C)(=O)=O)C(C)C.I. The van der Waals surface area contributed by atoms with Crippen LogP contribution in [0.1, 0.15) is 33.6 Å². The average Bonchev–Trinajstić information content (AvgIpc) is 2.42. The van der Waals surface area contributed by atoms with Crippen molar-refractivity contribution in [2.75, 3.05) is 39.5 Å². The molecule has 0 heterocycles. The predicted molar refractivity (Wildman–Crippen MR) is 107 cm³/mol. The van der Waals surface area contributed by atoms with Crippen molar-refractivity contribution in [2.24, 2.45) is 10.9 Å². The number of rotatable bonds is 11. The largest absolute Gasteiger partial charge is 0.378 e. The number of aliphatic imine (C=N–C) groups is 1. The summed E-state index contributed by atoms with van der Waals surface area (Å²) in [6.07, 6.45) is 3.02. The second-order valence-electron chi connectivity index (χ2n) is 5.47. The van der Waals surface area contributed by atoms with Gasteiger partial charge in [0, 0.05) is 33.3 Å². The Balaban J connectivity index is 0. The predicted octanol–water partition coefficient (Wildman–Crippen LogP) is 1.16. The third kappa shape index (κ3) is 15.2. The van der Waals surface area contributed by atoms with Crippen LogP contribution in [0.4, 0.5) is 0 Å². The number of ether oxygens (including phenoxy) is 1. The minimum atomic E-state index is -3.11. The van der Waals surface area contributed by atoms with Crippen molar-refractivity contribution in [2.45, 2.75) is 39.7 Å². The summed E-state index contributed by atoms with van der Waals surface area (Å²) in [5.74, 6) is 1.21. The fourth-order valence-electron chi connectivity index (χ4n) is 1.93. The van der Waals surface area contributed by atoms with Gasteiger partial charge in [0.15, 0.2) is 5.96 Å². The summed E-state index contributed by atoms with van der Waals surface area (Å²) in [5.41, 5.74) is 0. The van der Waals surface area contributed by atoms with E-state index < -0.39 is 10.0 Å². The van der Waals surface area contributed by atoms with Crippen LogP contribution in [-0.4, -0.2) is 60.0 Å². The zero-order valence-corrected chi connectivity index (χ0v) is 18.0. The molecule has 0 aromatic heterocycles. The molecule has 140 valence electrons. The van der Waals surface area contributed by atoms with E-state index in [0.29, 0.717) is 25.4 Å². The number of nitrogens with one attached hydrogen (secondary N) is 3. The highest BCUT2D eigenvalue weighted by Crippen LogP contribution is 2.09. The maximum Gasteiger partial charge on any atom is 0.208 e. The van der Waals surface area contributed by atoms with Gasteiger partial charge in [-0.2, -0.15) is 0 Å². The molecule has 0 fully saturated rings. The van der Waals surface area contributed by atoms with Crippen molar-refractivity contribution < 1.29 is 13.2 Å². The number of hydrogen-bond donors (Lipinski definition) is 3. The molecule has 3 N–H and O–H groups in total. The van der Waals surface area contributed by atoms with Gasteiger partial charge in [0.2, 0.25) is 10.0 Å². The van der Waals surface area contributed by atoms with Crippen LogP contribution < -0.4 is 15.4 Å². The van der Waals surface area contributed by atoms with Gasteiger partial charge in [-0.1, -0.05) is 13.8 Å². The van der Waals surface area contributed by atoms with E-state index in [2.05, 4.69) is 34.2 Å². The van der Waals surface area contributed by atoms with E-state index in [0.717, 1.165) is 31.8 Å². The lowest BCUT2D eigenvalue weighted by Gasteiger charge is -2.21. The second kappa shape index (κ2) is 14.2. The monoisotopic (exact) mass is 464 g/mol. The van der Waals surface area contributed by atoms with Gasteiger partial charge in [-0.3, -0.25) is 4.99 Å². The molecule has 0 aliphatic carbocycles. The van der Waals surface area contributed by atoms with E-state index in [-0.39, 0.29) is 30.1 Å². The minimum Gasteiger partial charge on any atom is -0.378 e. The van der Waals surface area contributed by atoms with Gasteiger partial charge in [-0.15, -0.1) is 24.0 Å². The van der Waals surface area contributed by atoms with Gasteiger partial charge >= 0.3 is 0 Å². The molecule has 0 saturated heterocycles. The first kappa shape index (κ1) is 25.1. The van der Waals surface area contributed by atoms with E-state index in [9.17, 15) is 8.42 Å². The summed E-state index contributed by atoms with van der Waals surface area (Å²) < 4.78 is 30.0. The molecule has 0 aliphatic rings. The smallest absolute Gasteiger partial charge is 0.208 e. The molecule has 1 unspecified atom stereocenters. The quantitative estimate of drug-likeness (QED) is 0.185. The number of halogens is 1. The summed E-state index contributed by atoms with van der Waals surface area (Å²) in [6.45, 7) is 8.90. The summed E-state index contributed by atoms with van der Waals surface area (Å²) in [4.78, 5) is 4.14. The van der Waals surface area contributed by atoms with E-state index in [1.165, 1.54) is 0 Å². The van der Waals surface area contributed by atoms with Crippen molar-refractivity contribution in [1.29, 1.82) is 0 Å². The van der Waals surface area contributed by atoms with Crippen molar-refractivity contribution >= 4 is 40.0 Å². The van der Waals surface area contributed by atoms with Crippen molar-refractivity contribution in [3.05, 3.63) is 0 Å². The zero-order chi connectivity index (χ0) is 17.0. The van der Waals surface area contributed by atoms with Crippen molar-refractivity contribution in [3.63, 3.8) is 0 Å².